The molecule has 0 aliphatic heterocycles. The van der Waals surface area contributed by atoms with Gasteiger partial charge in [-0.25, -0.2) is 0 Å². The topological polar surface area (TPSA) is 12.0 Å². The smallest absolute Gasteiger partial charge is 0.0221 e. The number of aryl methyl sites for hydroxylation is 1. The fraction of sp³-hybridized carbons (Fsp3) is 0.625. The van der Waals surface area contributed by atoms with E-state index in [0.717, 1.165) is 6.54 Å². The molecule has 0 atom stereocenters. The predicted octanol–water partition coefficient (Wildman–Crippen LogP) is 4.78. The third kappa shape index (κ3) is 5.92. The number of unbranched alkanes of at least 4 members (excludes halogenated alkanes) is 1. The van der Waals surface area contributed by atoms with Crippen molar-refractivity contribution in [2.45, 2.75) is 64.4 Å². The van der Waals surface area contributed by atoms with Gasteiger partial charge in [0.15, 0.2) is 0 Å². The van der Waals surface area contributed by atoms with E-state index < -0.39 is 0 Å². The van der Waals surface area contributed by atoms with Crippen LogP contribution in [0.1, 0.15) is 51.7 Å². The lowest BCUT2D eigenvalue weighted by atomic mass is 10.1. The van der Waals surface area contributed by atoms with E-state index in [9.17, 15) is 0 Å². The van der Waals surface area contributed by atoms with E-state index in [0.29, 0.717) is 0 Å². The summed E-state index contributed by atoms with van der Waals surface area (Å²) in [5.41, 5.74) is 2.96. The number of nitrogens with one attached hydrogen (secondary N) is 1. The van der Waals surface area contributed by atoms with Crippen LogP contribution in [0.15, 0.2) is 23.1 Å². The van der Waals surface area contributed by atoms with Gasteiger partial charge in [0.1, 0.15) is 0 Å². The Hall–Kier alpha value is -0.470. The molecule has 0 amide bonds. The Bertz CT molecular complexity index is 366. The Morgan fingerprint density at radius 2 is 1.94 bits per heavy atom. The maximum atomic E-state index is 3.58. The van der Waals surface area contributed by atoms with E-state index in [1.807, 2.05) is 11.8 Å². The van der Waals surface area contributed by atoms with E-state index >= 15 is 0 Å². The van der Waals surface area contributed by atoms with Crippen LogP contribution in [0.5, 0.6) is 0 Å². The average Bonchev–Trinajstić information content (AvgIpc) is 2.28. The molecule has 0 fully saturated rings. The highest BCUT2D eigenvalue weighted by atomic mass is 32.2. The molecule has 1 aromatic rings. The molecule has 1 N–H and O–H groups in total. The highest BCUT2D eigenvalue weighted by molar-refractivity contribution is 7.99. The van der Waals surface area contributed by atoms with Crippen molar-refractivity contribution in [1.29, 1.82) is 0 Å². The van der Waals surface area contributed by atoms with Gasteiger partial charge < -0.3 is 5.32 Å². The van der Waals surface area contributed by atoms with Gasteiger partial charge in [0.2, 0.25) is 0 Å². The van der Waals surface area contributed by atoms with Crippen LogP contribution in [-0.4, -0.2) is 11.3 Å². The van der Waals surface area contributed by atoms with Crippen molar-refractivity contribution in [3.8, 4) is 0 Å². The van der Waals surface area contributed by atoms with Crippen LogP contribution in [0.4, 0.5) is 0 Å². The van der Waals surface area contributed by atoms with Gasteiger partial charge >= 0.3 is 0 Å². The molecule has 0 saturated heterocycles. The zero-order valence-electron chi connectivity index (χ0n) is 12.5. The zero-order chi connectivity index (χ0) is 13.6. The largest absolute Gasteiger partial charge is 0.308 e. The summed E-state index contributed by atoms with van der Waals surface area (Å²) >= 11 is 1.99. The summed E-state index contributed by atoms with van der Waals surface area (Å²) in [6.07, 6.45) is 2.57. The number of hydrogen-bond acceptors (Lipinski definition) is 2. The number of benzene rings is 1. The van der Waals surface area contributed by atoms with E-state index in [1.165, 1.54) is 34.6 Å². The molecule has 2 heteroatoms. The molecule has 0 saturated carbocycles. The van der Waals surface area contributed by atoms with Crippen LogP contribution < -0.4 is 5.32 Å². The van der Waals surface area contributed by atoms with Crippen LogP contribution in [0.2, 0.25) is 0 Å². The maximum absolute atomic E-state index is 3.58. The molecule has 1 nitrogen and oxygen atoms in total. The molecule has 0 aliphatic carbocycles. The van der Waals surface area contributed by atoms with Crippen LogP contribution in [0.25, 0.3) is 0 Å². The van der Waals surface area contributed by atoms with Crippen molar-refractivity contribution in [3.05, 3.63) is 29.3 Å². The Morgan fingerprint density at radius 1 is 1.22 bits per heavy atom. The van der Waals surface area contributed by atoms with Gasteiger partial charge in [-0.15, -0.1) is 11.8 Å². The second-order valence-corrected chi connectivity index (χ2v) is 7.05. The first-order valence-corrected chi connectivity index (χ1v) is 7.88. The molecule has 0 aromatic heterocycles. The monoisotopic (exact) mass is 265 g/mol. The lowest BCUT2D eigenvalue weighted by Crippen LogP contribution is -2.35. The standard InChI is InChI=1S/C16H27NS/c1-6-7-10-18-15-9-8-13(2)11-14(15)12-17-16(3,4)5/h8-9,11,17H,6-7,10,12H2,1-5H3. The maximum Gasteiger partial charge on any atom is 0.0221 e. The average molecular weight is 265 g/mol. The molecule has 1 aromatic carbocycles. The summed E-state index contributed by atoms with van der Waals surface area (Å²) in [4.78, 5) is 1.44. The van der Waals surface area contributed by atoms with Gasteiger partial charge in [0, 0.05) is 17.0 Å². The van der Waals surface area contributed by atoms with Gasteiger partial charge in [-0.2, -0.15) is 0 Å². The molecule has 0 unspecified atom stereocenters. The lowest BCUT2D eigenvalue weighted by Gasteiger charge is -2.22. The highest BCUT2D eigenvalue weighted by Crippen LogP contribution is 2.25. The molecule has 0 spiro atoms. The molecular weight excluding hydrogens is 238 g/mol. The fourth-order valence-corrected chi connectivity index (χ4v) is 2.81. The van der Waals surface area contributed by atoms with Crippen molar-refractivity contribution in [1.82, 2.24) is 5.32 Å². The van der Waals surface area contributed by atoms with Gasteiger partial charge in [-0.1, -0.05) is 31.0 Å². The quantitative estimate of drug-likeness (QED) is 0.587. The zero-order valence-corrected chi connectivity index (χ0v) is 13.3. The van der Waals surface area contributed by atoms with Crippen LogP contribution >= 0.6 is 11.8 Å². The first-order valence-electron chi connectivity index (χ1n) is 6.90. The first-order chi connectivity index (χ1) is 8.42. The molecule has 18 heavy (non-hydrogen) atoms. The Kier molecular flexibility index (Phi) is 6.24. The summed E-state index contributed by atoms with van der Waals surface area (Å²) in [7, 11) is 0. The van der Waals surface area contributed by atoms with E-state index in [-0.39, 0.29) is 5.54 Å². The predicted molar refractivity (Wildman–Crippen MR) is 83.4 cm³/mol. The van der Waals surface area contributed by atoms with Gasteiger partial charge in [-0.3, -0.25) is 0 Å². The van der Waals surface area contributed by atoms with Crippen LogP contribution in [0, 0.1) is 6.92 Å². The number of rotatable bonds is 6. The summed E-state index contributed by atoms with van der Waals surface area (Å²) in [6.45, 7) is 12.0. The number of hydrogen-bond donors (Lipinski definition) is 1. The van der Waals surface area contributed by atoms with Crippen molar-refractivity contribution < 1.29 is 0 Å². The minimum absolute atomic E-state index is 0.176. The van der Waals surface area contributed by atoms with Crippen LogP contribution in [-0.2, 0) is 6.54 Å². The molecule has 0 aliphatic rings. The van der Waals surface area contributed by atoms with Crippen molar-refractivity contribution in [2.24, 2.45) is 0 Å². The molecule has 0 bridgehead atoms. The fourth-order valence-electron chi connectivity index (χ4n) is 1.67. The van der Waals surface area contributed by atoms with Crippen LogP contribution in [0.3, 0.4) is 0 Å². The Morgan fingerprint density at radius 3 is 2.56 bits per heavy atom. The second kappa shape index (κ2) is 7.20. The summed E-state index contributed by atoms with van der Waals surface area (Å²) in [5, 5.41) is 3.58. The second-order valence-electron chi connectivity index (χ2n) is 5.92. The minimum atomic E-state index is 0.176. The lowest BCUT2D eigenvalue weighted by molar-refractivity contribution is 0.422. The van der Waals surface area contributed by atoms with E-state index in [2.05, 4.69) is 58.1 Å². The van der Waals surface area contributed by atoms with Gasteiger partial charge in [-0.05, 0) is 51.5 Å². The molecule has 0 heterocycles. The van der Waals surface area contributed by atoms with Crippen molar-refractivity contribution >= 4 is 11.8 Å². The SMILES string of the molecule is CCCCSc1ccc(C)cc1CNC(C)(C)C. The molecule has 1 rings (SSSR count). The minimum Gasteiger partial charge on any atom is -0.308 e. The van der Waals surface area contributed by atoms with Gasteiger partial charge in [0.25, 0.3) is 0 Å². The Balaban J connectivity index is 2.70. The summed E-state index contributed by atoms with van der Waals surface area (Å²) in [5.74, 6) is 1.22. The summed E-state index contributed by atoms with van der Waals surface area (Å²) < 4.78 is 0. The molecular formula is C16H27NS. The Labute approximate surface area is 117 Å². The normalized spacial score (nSPS) is 11.8. The van der Waals surface area contributed by atoms with Gasteiger partial charge in [0.05, 0.1) is 0 Å². The molecule has 0 radical (unpaired) electrons. The third-order valence-corrected chi connectivity index (χ3v) is 3.98. The number of thioether (sulfide) groups is 1. The van der Waals surface area contributed by atoms with Crippen molar-refractivity contribution in [3.63, 3.8) is 0 Å². The van der Waals surface area contributed by atoms with E-state index in [4.69, 9.17) is 0 Å². The third-order valence-electron chi connectivity index (χ3n) is 2.78. The van der Waals surface area contributed by atoms with Crippen molar-refractivity contribution in [2.75, 3.05) is 5.75 Å². The first kappa shape index (κ1) is 15.6. The van der Waals surface area contributed by atoms with E-state index in [1.54, 1.807) is 0 Å². The highest BCUT2D eigenvalue weighted by Gasteiger charge is 2.10. The summed E-state index contributed by atoms with van der Waals surface area (Å²) in [6, 6.07) is 6.80. The molecule has 102 valence electrons.